The van der Waals surface area contributed by atoms with Crippen molar-refractivity contribution in [3.8, 4) is 0 Å². The first-order valence-corrected chi connectivity index (χ1v) is 9.70. The number of carbonyl (C=O) groups is 1. The van der Waals surface area contributed by atoms with E-state index in [0.717, 1.165) is 22.9 Å². The lowest BCUT2D eigenvalue weighted by atomic mass is 10.2. The minimum atomic E-state index is -3.42. The Morgan fingerprint density at radius 1 is 1.41 bits per heavy atom. The maximum atomic E-state index is 12.0. The zero-order chi connectivity index (χ0) is 16.3. The Hall–Kier alpha value is -1.28. The van der Waals surface area contributed by atoms with Crippen LogP contribution in [0.1, 0.15) is 18.4 Å². The van der Waals surface area contributed by atoms with E-state index >= 15 is 0 Å². The van der Waals surface area contributed by atoms with Gasteiger partial charge in [0.15, 0.2) is 0 Å². The van der Waals surface area contributed by atoms with Crippen LogP contribution >= 0.6 is 15.9 Å². The topological polar surface area (TPSA) is 78.5 Å². The SMILES string of the molecule is Cc1cc(Br)ccc1N(CCNC(=O)NC1CC1)S(C)(=O)=O. The number of aryl methyl sites for hydroxylation is 1. The summed E-state index contributed by atoms with van der Waals surface area (Å²) in [5.41, 5.74) is 1.47. The van der Waals surface area contributed by atoms with Crippen LogP contribution in [0.3, 0.4) is 0 Å². The summed E-state index contributed by atoms with van der Waals surface area (Å²) < 4.78 is 26.2. The van der Waals surface area contributed by atoms with E-state index < -0.39 is 10.0 Å². The number of urea groups is 1. The molecular formula is C14H20BrN3O3S. The standard InChI is InChI=1S/C14H20BrN3O3S/c1-10-9-11(15)3-6-13(10)18(22(2,20)21)8-7-16-14(19)17-12-4-5-12/h3,6,9,12H,4-5,7-8H2,1-2H3,(H2,16,17,19). The van der Waals surface area contributed by atoms with Gasteiger partial charge >= 0.3 is 6.03 Å². The quantitative estimate of drug-likeness (QED) is 0.780. The van der Waals surface area contributed by atoms with Crippen molar-refractivity contribution >= 4 is 37.7 Å². The van der Waals surface area contributed by atoms with Gasteiger partial charge in [0.2, 0.25) is 10.0 Å². The molecule has 22 heavy (non-hydrogen) atoms. The van der Waals surface area contributed by atoms with Gasteiger partial charge in [-0.25, -0.2) is 13.2 Å². The number of hydrogen-bond donors (Lipinski definition) is 2. The first kappa shape index (κ1) is 17.1. The molecular weight excluding hydrogens is 370 g/mol. The molecule has 0 aromatic heterocycles. The molecule has 1 saturated carbocycles. The minimum Gasteiger partial charge on any atom is -0.336 e. The molecule has 0 atom stereocenters. The van der Waals surface area contributed by atoms with E-state index in [4.69, 9.17) is 0 Å². The third kappa shape index (κ3) is 4.88. The lowest BCUT2D eigenvalue weighted by Gasteiger charge is -2.24. The van der Waals surface area contributed by atoms with E-state index in [1.54, 1.807) is 12.1 Å². The van der Waals surface area contributed by atoms with Gasteiger partial charge in [0.1, 0.15) is 0 Å². The maximum Gasteiger partial charge on any atom is 0.315 e. The highest BCUT2D eigenvalue weighted by Crippen LogP contribution is 2.25. The van der Waals surface area contributed by atoms with Gasteiger partial charge in [-0.1, -0.05) is 15.9 Å². The van der Waals surface area contributed by atoms with Gasteiger partial charge in [-0.2, -0.15) is 0 Å². The fourth-order valence-electron chi connectivity index (χ4n) is 2.10. The summed E-state index contributed by atoms with van der Waals surface area (Å²) >= 11 is 3.36. The summed E-state index contributed by atoms with van der Waals surface area (Å²) in [6.45, 7) is 2.30. The smallest absolute Gasteiger partial charge is 0.315 e. The fourth-order valence-corrected chi connectivity index (χ4v) is 3.56. The molecule has 8 heteroatoms. The van der Waals surface area contributed by atoms with Gasteiger partial charge in [-0.3, -0.25) is 4.31 Å². The summed E-state index contributed by atoms with van der Waals surface area (Å²) in [6, 6.07) is 5.45. The van der Waals surface area contributed by atoms with Crippen molar-refractivity contribution in [1.82, 2.24) is 10.6 Å². The van der Waals surface area contributed by atoms with Crippen molar-refractivity contribution in [2.45, 2.75) is 25.8 Å². The van der Waals surface area contributed by atoms with E-state index in [0.29, 0.717) is 5.69 Å². The molecule has 0 heterocycles. The third-order valence-corrected chi connectivity index (χ3v) is 5.01. The number of rotatable bonds is 6. The number of anilines is 1. The van der Waals surface area contributed by atoms with E-state index in [2.05, 4.69) is 26.6 Å². The van der Waals surface area contributed by atoms with Crippen molar-refractivity contribution in [3.63, 3.8) is 0 Å². The molecule has 1 aliphatic carbocycles. The number of nitrogens with one attached hydrogen (secondary N) is 2. The van der Waals surface area contributed by atoms with Crippen LogP contribution in [-0.4, -0.2) is 39.8 Å². The van der Waals surface area contributed by atoms with Gasteiger partial charge in [-0.15, -0.1) is 0 Å². The second-order valence-electron chi connectivity index (χ2n) is 5.44. The molecule has 1 fully saturated rings. The van der Waals surface area contributed by atoms with Crippen LogP contribution in [-0.2, 0) is 10.0 Å². The molecule has 6 nitrogen and oxygen atoms in total. The molecule has 122 valence electrons. The van der Waals surface area contributed by atoms with Crippen molar-refractivity contribution < 1.29 is 13.2 Å². The van der Waals surface area contributed by atoms with Gasteiger partial charge in [0, 0.05) is 17.1 Å². The number of benzene rings is 1. The highest BCUT2D eigenvalue weighted by atomic mass is 79.9. The summed E-state index contributed by atoms with van der Waals surface area (Å²) in [5, 5.41) is 5.49. The second kappa shape index (κ2) is 6.87. The Kier molecular flexibility index (Phi) is 5.33. The third-order valence-electron chi connectivity index (χ3n) is 3.34. The van der Waals surface area contributed by atoms with E-state index in [1.165, 1.54) is 10.6 Å². The Bertz CT molecular complexity index is 659. The molecule has 0 saturated heterocycles. The lowest BCUT2D eigenvalue weighted by Crippen LogP contribution is -2.42. The van der Waals surface area contributed by atoms with Crippen LogP contribution < -0.4 is 14.9 Å². The van der Waals surface area contributed by atoms with Crippen LogP contribution in [0.25, 0.3) is 0 Å². The van der Waals surface area contributed by atoms with Gasteiger partial charge in [0.25, 0.3) is 0 Å². The minimum absolute atomic E-state index is 0.194. The molecule has 0 spiro atoms. The zero-order valence-electron chi connectivity index (χ0n) is 12.6. The van der Waals surface area contributed by atoms with Crippen LogP contribution in [0.5, 0.6) is 0 Å². The highest BCUT2D eigenvalue weighted by Gasteiger charge is 2.23. The van der Waals surface area contributed by atoms with Gasteiger partial charge < -0.3 is 10.6 Å². The zero-order valence-corrected chi connectivity index (χ0v) is 15.0. The van der Waals surface area contributed by atoms with Crippen LogP contribution in [0.15, 0.2) is 22.7 Å². The molecule has 0 bridgehead atoms. The summed E-state index contributed by atoms with van der Waals surface area (Å²) in [6.07, 6.45) is 3.20. The van der Waals surface area contributed by atoms with Crippen molar-refractivity contribution in [2.24, 2.45) is 0 Å². The van der Waals surface area contributed by atoms with Crippen LogP contribution in [0.4, 0.5) is 10.5 Å². The normalized spacial score (nSPS) is 14.5. The first-order chi connectivity index (χ1) is 10.3. The number of carbonyl (C=O) groups excluding carboxylic acids is 1. The monoisotopic (exact) mass is 389 g/mol. The van der Waals surface area contributed by atoms with E-state index in [1.807, 2.05) is 13.0 Å². The average Bonchev–Trinajstić information content (AvgIpc) is 3.18. The Morgan fingerprint density at radius 3 is 2.64 bits per heavy atom. The summed E-state index contributed by atoms with van der Waals surface area (Å²) in [5.74, 6) is 0. The Labute approximate surface area is 139 Å². The second-order valence-corrected chi connectivity index (χ2v) is 8.26. The summed E-state index contributed by atoms with van der Waals surface area (Å²) in [7, 11) is -3.42. The van der Waals surface area contributed by atoms with E-state index in [-0.39, 0.29) is 25.2 Å². The number of nitrogens with zero attached hydrogens (tertiary/aromatic N) is 1. The predicted octanol–water partition coefficient (Wildman–Crippen LogP) is 1.99. The number of sulfonamides is 1. The maximum absolute atomic E-state index is 12.0. The van der Waals surface area contributed by atoms with Gasteiger partial charge in [0.05, 0.1) is 18.5 Å². The number of halogens is 1. The molecule has 2 amide bonds. The predicted molar refractivity (Wildman–Crippen MR) is 90.6 cm³/mol. The molecule has 1 aromatic carbocycles. The molecule has 2 rings (SSSR count). The summed E-state index contributed by atoms with van der Waals surface area (Å²) in [4.78, 5) is 11.6. The molecule has 0 radical (unpaired) electrons. The molecule has 1 aliphatic rings. The van der Waals surface area contributed by atoms with E-state index in [9.17, 15) is 13.2 Å². The lowest BCUT2D eigenvalue weighted by molar-refractivity contribution is 0.241. The molecule has 2 N–H and O–H groups in total. The fraction of sp³-hybridized carbons (Fsp3) is 0.500. The average molecular weight is 390 g/mol. The Balaban J connectivity index is 2.02. The highest BCUT2D eigenvalue weighted by molar-refractivity contribution is 9.10. The van der Waals surface area contributed by atoms with Crippen molar-refractivity contribution in [2.75, 3.05) is 23.7 Å². The largest absolute Gasteiger partial charge is 0.336 e. The first-order valence-electron chi connectivity index (χ1n) is 7.05. The van der Waals surface area contributed by atoms with Crippen LogP contribution in [0.2, 0.25) is 0 Å². The molecule has 1 aromatic rings. The molecule has 0 aliphatic heterocycles. The molecule has 0 unspecified atom stereocenters. The number of amides is 2. The number of hydrogen-bond acceptors (Lipinski definition) is 3. The van der Waals surface area contributed by atoms with Crippen molar-refractivity contribution in [3.05, 3.63) is 28.2 Å². The Morgan fingerprint density at radius 2 is 2.09 bits per heavy atom. The van der Waals surface area contributed by atoms with Gasteiger partial charge in [-0.05, 0) is 43.5 Å². The van der Waals surface area contributed by atoms with Crippen molar-refractivity contribution in [1.29, 1.82) is 0 Å². The van der Waals surface area contributed by atoms with Crippen LogP contribution in [0, 0.1) is 6.92 Å².